The second-order valence-corrected chi connectivity index (χ2v) is 4.50. The van der Waals surface area contributed by atoms with Crippen LogP contribution in [0.25, 0.3) is 0 Å². The Labute approximate surface area is 114 Å². The lowest BCUT2D eigenvalue weighted by molar-refractivity contribution is 0.0332. The minimum absolute atomic E-state index is 0.191. The molecule has 0 spiro atoms. The predicted molar refractivity (Wildman–Crippen MR) is 71.0 cm³/mol. The van der Waals surface area contributed by atoms with Crippen LogP contribution in [-0.2, 0) is 4.84 Å². The van der Waals surface area contributed by atoms with Crippen molar-refractivity contribution in [2.24, 2.45) is 4.99 Å². The Morgan fingerprint density at radius 1 is 1.05 bits per heavy atom. The van der Waals surface area contributed by atoms with Crippen LogP contribution in [0.1, 0.15) is 22.9 Å². The van der Waals surface area contributed by atoms with E-state index in [0.29, 0.717) is 5.84 Å². The van der Waals surface area contributed by atoms with Crippen LogP contribution in [0, 0.1) is 18.6 Å². The SMILES string of the molecule is Cc1ccccc1C1=N[C@H](c2c(F)cccc2F)ON1. The van der Waals surface area contributed by atoms with E-state index in [9.17, 15) is 8.78 Å². The summed E-state index contributed by atoms with van der Waals surface area (Å²) in [5.74, 6) is -0.881. The number of hydrogen-bond acceptors (Lipinski definition) is 3. The number of nitrogens with one attached hydrogen (secondary N) is 1. The zero-order valence-corrected chi connectivity index (χ0v) is 10.7. The molecule has 0 unspecified atom stereocenters. The van der Waals surface area contributed by atoms with Crippen molar-refractivity contribution in [1.82, 2.24) is 5.48 Å². The molecule has 102 valence electrons. The van der Waals surface area contributed by atoms with Crippen LogP contribution in [0.2, 0.25) is 0 Å². The quantitative estimate of drug-likeness (QED) is 0.912. The number of rotatable bonds is 2. The maximum Gasteiger partial charge on any atom is 0.208 e. The second kappa shape index (κ2) is 5.02. The van der Waals surface area contributed by atoms with E-state index in [0.717, 1.165) is 11.1 Å². The first-order chi connectivity index (χ1) is 9.66. The first-order valence-corrected chi connectivity index (χ1v) is 6.16. The number of amidine groups is 1. The van der Waals surface area contributed by atoms with Gasteiger partial charge in [0, 0.05) is 5.56 Å². The lowest BCUT2D eigenvalue weighted by Crippen LogP contribution is -2.19. The summed E-state index contributed by atoms with van der Waals surface area (Å²) in [4.78, 5) is 9.40. The molecule has 1 aliphatic heterocycles. The molecule has 0 radical (unpaired) electrons. The first-order valence-electron chi connectivity index (χ1n) is 6.16. The van der Waals surface area contributed by atoms with Crippen molar-refractivity contribution in [2.75, 3.05) is 0 Å². The van der Waals surface area contributed by atoms with Crippen LogP contribution in [-0.4, -0.2) is 5.84 Å². The molecule has 0 amide bonds. The van der Waals surface area contributed by atoms with Crippen molar-refractivity contribution < 1.29 is 13.6 Å². The van der Waals surface area contributed by atoms with Crippen molar-refractivity contribution >= 4 is 5.84 Å². The topological polar surface area (TPSA) is 33.6 Å². The highest BCUT2D eigenvalue weighted by molar-refractivity contribution is 6.00. The molecule has 20 heavy (non-hydrogen) atoms. The van der Waals surface area contributed by atoms with Crippen LogP contribution in [0.5, 0.6) is 0 Å². The fraction of sp³-hybridized carbons (Fsp3) is 0.133. The Morgan fingerprint density at radius 2 is 1.75 bits per heavy atom. The molecule has 3 rings (SSSR count). The normalized spacial score (nSPS) is 17.8. The van der Waals surface area contributed by atoms with Crippen LogP contribution in [0.4, 0.5) is 8.78 Å². The molecule has 1 heterocycles. The standard InChI is InChI=1S/C15H12F2N2O/c1-9-5-2-3-6-10(9)14-18-15(20-19-14)13-11(16)7-4-8-12(13)17/h2-8,15H,1H3,(H,18,19)/t15-/m0/s1. The molecule has 0 fully saturated rings. The Bertz CT molecular complexity index is 665. The average molecular weight is 274 g/mol. The van der Waals surface area contributed by atoms with E-state index < -0.39 is 17.9 Å². The maximum absolute atomic E-state index is 13.7. The Balaban J connectivity index is 1.98. The summed E-state index contributed by atoms with van der Waals surface area (Å²) in [5.41, 5.74) is 4.28. The van der Waals surface area contributed by atoms with Gasteiger partial charge in [0.15, 0.2) is 5.84 Å². The smallest absolute Gasteiger partial charge is 0.208 e. The third-order valence-corrected chi connectivity index (χ3v) is 3.16. The van der Waals surface area contributed by atoms with Crippen molar-refractivity contribution in [3.05, 3.63) is 70.8 Å². The summed E-state index contributed by atoms with van der Waals surface area (Å²) in [6.45, 7) is 1.93. The van der Waals surface area contributed by atoms with E-state index in [1.54, 1.807) is 0 Å². The third kappa shape index (κ3) is 2.16. The summed E-state index contributed by atoms with van der Waals surface area (Å²) in [7, 11) is 0. The maximum atomic E-state index is 13.7. The zero-order chi connectivity index (χ0) is 14.1. The Morgan fingerprint density at radius 3 is 2.45 bits per heavy atom. The molecular weight excluding hydrogens is 262 g/mol. The number of aryl methyl sites for hydroxylation is 1. The molecule has 2 aromatic rings. The minimum atomic E-state index is -1.02. The number of benzene rings is 2. The van der Waals surface area contributed by atoms with Crippen molar-refractivity contribution in [3.63, 3.8) is 0 Å². The predicted octanol–water partition coefficient (Wildman–Crippen LogP) is 3.25. The number of aliphatic imine (C=N–C) groups is 1. The van der Waals surface area contributed by atoms with Gasteiger partial charge in [0.25, 0.3) is 0 Å². The van der Waals surface area contributed by atoms with E-state index in [2.05, 4.69) is 10.5 Å². The summed E-state index contributed by atoms with van der Waals surface area (Å²) >= 11 is 0. The van der Waals surface area contributed by atoms with Gasteiger partial charge in [-0.25, -0.2) is 24.1 Å². The molecule has 0 saturated heterocycles. The Kier molecular flexibility index (Phi) is 3.20. The first kappa shape index (κ1) is 12.7. The molecular formula is C15H12F2N2O. The van der Waals surface area contributed by atoms with Gasteiger partial charge in [-0.15, -0.1) is 0 Å². The minimum Gasteiger partial charge on any atom is -0.246 e. The van der Waals surface area contributed by atoms with Crippen LogP contribution < -0.4 is 5.48 Å². The van der Waals surface area contributed by atoms with E-state index in [1.807, 2.05) is 31.2 Å². The van der Waals surface area contributed by atoms with Crippen molar-refractivity contribution in [1.29, 1.82) is 0 Å². The molecule has 5 heteroatoms. The molecule has 2 aromatic carbocycles. The van der Waals surface area contributed by atoms with Gasteiger partial charge >= 0.3 is 0 Å². The van der Waals surface area contributed by atoms with Crippen LogP contribution >= 0.6 is 0 Å². The summed E-state index contributed by atoms with van der Waals surface area (Å²) in [5, 5.41) is 0. The monoisotopic (exact) mass is 274 g/mol. The van der Waals surface area contributed by atoms with Crippen molar-refractivity contribution in [2.45, 2.75) is 13.2 Å². The van der Waals surface area contributed by atoms with Crippen LogP contribution in [0.3, 0.4) is 0 Å². The van der Waals surface area contributed by atoms with Gasteiger partial charge in [-0.1, -0.05) is 30.3 Å². The highest BCUT2D eigenvalue weighted by atomic mass is 19.1. The molecule has 0 bridgehead atoms. The summed E-state index contributed by atoms with van der Waals surface area (Å²) < 4.78 is 27.4. The third-order valence-electron chi connectivity index (χ3n) is 3.16. The van der Waals surface area contributed by atoms with Gasteiger partial charge in [-0.3, -0.25) is 0 Å². The fourth-order valence-corrected chi connectivity index (χ4v) is 2.11. The largest absolute Gasteiger partial charge is 0.246 e. The summed E-state index contributed by atoms with van der Waals surface area (Å²) in [6, 6.07) is 11.2. The fourth-order valence-electron chi connectivity index (χ4n) is 2.11. The van der Waals surface area contributed by atoms with Gasteiger partial charge in [0.05, 0.1) is 5.56 Å². The van der Waals surface area contributed by atoms with Gasteiger partial charge < -0.3 is 0 Å². The molecule has 0 aromatic heterocycles. The van der Waals surface area contributed by atoms with Gasteiger partial charge in [0.1, 0.15) is 11.6 Å². The van der Waals surface area contributed by atoms with Crippen LogP contribution in [0.15, 0.2) is 47.5 Å². The summed E-state index contributed by atoms with van der Waals surface area (Å²) in [6.07, 6.45) is -1.02. The molecule has 0 saturated carbocycles. The molecule has 1 atom stereocenters. The number of nitrogens with zero attached hydrogens (tertiary/aromatic N) is 1. The van der Waals surface area contributed by atoms with Gasteiger partial charge in [-0.05, 0) is 24.6 Å². The Hall–Kier alpha value is -2.27. The van der Waals surface area contributed by atoms with Crippen molar-refractivity contribution in [3.8, 4) is 0 Å². The van der Waals surface area contributed by atoms with E-state index >= 15 is 0 Å². The highest BCUT2D eigenvalue weighted by Crippen LogP contribution is 2.28. The van der Waals surface area contributed by atoms with Gasteiger partial charge in [-0.2, -0.15) is 0 Å². The number of hydrogen-bond donors (Lipinski definition) is 1. The lowest BCUT2D eigenvalue weighted by Gasteiger charge is -2.08. The molecule has 1 aliphatic rings. The lowest BCUT2D eigenvalue weighted by atomic mass is 10.1. The number of hydroxylamine groups is 1. The van der Waals surface area contributed by atoms with E-state index in [4.69, 9.17) is 4.84 Å². The molecule has 0 aliphatic carbocycles. The van der Waals surface area contributed by atoms with Gasteiger partial charge in [0.2, 0.25) is 6.23 Å². The average Bonchev–Trinajstić information content (AvgIpc) is 2.88. The van der Waals surface area contributed by atoms with E-state index in [-0.39, 0.29) is 5.56 Å². The van der Waals surface area contributed by atoms with E-state index in [1.165, 1.54) is 18.2 Å². The second-order valence-electron chi connectivity index (χ2n) is 4.50. The highest BCUT2D eigenvalue weighted by Gasteiger charge is 2.26. The molecule has 1 N–H and O–H groups in total. The zero-order valence-electron chi connectivity index (χ0n) is 10.7. The molecule has 3 nitrogen and oxygen atoms in total. The number of halogens is 2.